The van der Waals surface area contributed by atoms with E-state index in [9.17, 15) is 8.78 Å². The minimum absolute atomic E-state index is 0.0619. The quantitative estimate of drug-likeness (QED) is 0.609. The summed E-state index contributed by atoms with van der Waals surface area (Å²) in [7, 11) is 1.55. The fourth-order valence-corrected chi connectivity index (χ4v) is 2.66. The van der Waals surface area contributed by atoms with Gasteiger partial charge in [-0.1, -0.05) is 15.9 Å². The van der Waals surface area contributed by atoms with E-state index in [4.69, 9.17) is 10.5 Å². The fraction of sp³-hybridized carbons (Fsp3) is 0.125. The first-order valence-corrected chi connectivity index (χ1v) is 7.87. The molecule has 0 aliphatic carbocycles. The van der Waals surface area contributed by atoms with Crippen molar-refractivity contribution < 1.29 is 18.3 Å². The summed E-state index contributed by atoms with van der Waals surface area (Å²) in [6.45, 7) is -2.97. The Balaban J connectivity index is 2.06. The van der Waals surface area contributed by atoms with Crippen molar-refractivity contribution in [3.8, 4) is 11.5 Å². The molecule has 0 radical (unpaired) electrons. The predicted octanol–water partition coefficient (Wildman–Crippen LogP) is 4.33. The molecule has 0 bridgehead atoms. The molecule has 0 atom stereocenters. The van der Waals surface area contributed by atoms with Crippen LogP contribution in [0.15, 0.2) is 41.1 Å². The molecule has 3 N–H and O–H groups in total. The molecule has 0 amide bonds. The third kappa shape index (κ3) is 3.71. The van der Waals surface area contributed by atoms with E-state index in [2.05, 4.69) is 36.0 Å². The number of fused-ring (bicyclic) bond motifs is 1. The van der Waals surface area contributed by atoms with Crippen molar-refractivity contribution in [2.75, 3.05) is 18.2 Å². The SMILES string of the molecule is COc1ccc(Br)cc1Nc1ncnc2cc(OC(F)F)c(N)cc12. The Morgan fingerprint density at radius 2 is 1.96 bits per heavy atom. The van der Waals surface area contributed by atoms with Crippen molar-refractivity contribution in [2.45, 2.75) is 6.61 Å². The van der Waals surface area contributed by atoms with Gasteiger partial charge in [-0.2, -0.15) is 8.78 Å². The molecule has 9 heteroatoms. The van der Waals surface area contributed by atoms with Crippen LogP contribution in [0, 0.1) is 0 Å². The van der Waals surface area contributed by atoms with Crippen LogP contribution in [0.3, 0.4) is 0 Å². The molecule has 1 heterocycles. The van der Waals surface area contributed by atoms with Crippen LogP contribution in [0.5, 0.6) is 11.5 Å². The van der Waals surface area contributed by atoms with E-state index in [0.717, 1.165) is 4.47 Å². The van der Waals surface area contributed by atoms with Crippen molar-refractivity contribution in [2.24, 2.45) is 0 Å². The van der Waals surface area contributed by atoms with Crippen LogP contribution >= 0.6 is 15.9 Å². The molecule has 0 saturated heterocycles. The molecule has 0 fully saturated rings. The van der Waals surface area contributed by atoms with Gasteiger partial charge < -0.3 is 20.5 Å². The molecular weight excluding hydrogens is 398 g/mol. The van der Waals surface area contributed by atoms with E-state index in [1.165, 1.54) is 18.5 Å². The number of nitrogens with one attached hydrogen (secondary N) is 1. The highest BCUT2D eigenvalue weighted by Gasteiger charge is 2.13. The average molecular weight is 411 g/mol. The summed E-state index contributed by atoms with van der Waals surface area (Å²) in [6.07, 6.45) is 1.32. The molecule has 0 aliphatic rings. The molecule has 1 aromatic heterocycles. The van der Waals surface area contributed by atoms with E-state index in [1.807, 2.05) is 12.1 Å². The number of alkyl halides is 2. The minimum Gasteiger partial charge on any atom is -0.495 e. The number of rotatable bonds is 5. The highest BCUT2D eigenvalue weighted by atomic mass is 79.9. The van der Waals surface area contributed by atoms with E-state index in [1.54, 1.807) is 13.2 Å². The number of nitrogens with zero attached hydrogens (tertiary/aromatic N) is 2. The Hall–Kier alpha value is -2.68. The van der Waals surface area contributed by atoms with Crippen LogP contribution in [0.25, 0.3) is 10.9 Å². The number of hydrogen-bond acceptors (Lipinski definition) is 6. The molecule has 2 aromatic carbocycles. The van der Waals surface area contributed by atoms with Crippen LogP contribution in [-0.2, 0) is 0 Å². The summed E-state index contributed by atoms with van der Waals surface area (Å²) >= 11 is 3.40. The first-order chi connectivity index (χ1) is 12.0. The number of benzene rings is 2. The summed E-state index contributed by atoms with van der Waals surface area (Å²) < 4.78 is 35.5. The van der Waals surface area contributed by atoms with Crippen LogP contribution in [-0.4, -0.2) is 23.7 Å². The monoisotopic (exact) mass is 410 g/mol. The number of methoxy groups -OCH3 is 1. The topological polar surface area (TPSA) is 82.3 Å². The second kappa shape index (κ2) is 7.06. The molecule has 3 aromatic rings. The standard InChI is InChI=1S/C16H13BrF2N4O2/c1-24-13-3-2-8(17)4-12(13)23-15-9-5-10(20)14(25-16(18)19)6-11(9)21-7-22-15/h2-7,16H,20H2,1H3,(H,21,22,23). The number of halogens is 3. The van der Waals surface area contributed by atoms with Crippen molar-refractivity contribution in [1.29, 1.82) is 0 Å². The Kier molecular flexibility index (Phi) is 4.84. The average Bonchev–Trinajstić information content (AvgIpc) is 2.56. The highest BCUT2D eigenvalue weighted by molar-refractivity contribution is 9.10. The highest BCUT2D eigenvalue weighted by Crippen LogP contribution is 2.35. The van der Waals surface area contributed by atoms with Gasteiger partial charge in [-0.15, -0.1) is 0 Å². The second-order valence-corrected chi connectivity index (χ2v) is 5.89. The second-order valence-electron chi connectivity index (χ2n) is 4.98. The molecule has 130 valence electrons. The maximum atomic E-state index is 12.4. The molecule has 0 unspecified atom stereocenters. The van der Waals surface area contributed by atoms with Gasteiger partial charge in [0.2, 0.25) is 0 Å². The van der Waals surface area contributed by atoms with Crippen LogP contribution < -0.4 is 20.5 Å². The zero-order valence-corrected chi connectivity index (χ0v) is 14.5. The number of nitrogen functional groups attached to an aromatic ring is 1. The summed E-state index contributed by atoms with van der Waals surface area (Å²) in [4.78, 5) is 8.28. The van der Waals surface area contributed by atoms with Gasteiger partial charge in [0.25, 0.3) is 0 Å². The first-order valence-electron chi connectivity index (χ1n) is 7.07. The fourth-order valence-electron chi connectivity index (χ4n) is 2.30. The largest absolute Gasteiger partial charge is 0.495 e. The van der Waals surface area contributed by atoms with Crippen molar-refractivity contribution in [3.63, 3.8) is 0 Å². The number of ether oxygens (including phenoxy) is 2. The van der Waals surface area contributed by atoms with Gasteiger partial charge in [0, 0.05) is 15.9 Å². The first kappa shape index (κ1) is 17.2. The number of hydrogen-bond donors (Lipinski definition) is 2. The van der Waals surface area contributed by atoms with E-state index in [0.29, 0.717) is 28.2 Å². The van der Waals surface area contributed by atoms with E-state index >= 15 is 0 Å². The van der Waals surface area contributed by atoms with Gasteiger partial charge >= 0.3 is 6.61 Å². The van der Waals surface area contributed by atoms with Gasteiger partial charge in [0.15, 0.2) is 5.75 Å². The normalized spacial score (nSPS) is 10.9. The Bertz CT molecular complexity index is 924. The maximum Gasteiger partial charge on any atom is 0.387 e. The zero-order valence-electron chi connectivity index (χ0n) is 13.0. The molecule has 6 nitrogen and oxygen atoms in total. The lowest BCUT2D eigenvalue weighted by Crippen LogP contribution is -2.05. The van der Waals surface area contributed by atoms with Gasteiger partial charge in [0.1, 0.15) is 17.9 Å². The molecule has 0 spiro atoms. The van der Waals surface area contributed by atoms with Gasteiger partial charge in [-0.3, -0.25) is 0 Å². The lowest BCUT2D eigenvalue weighted by molar-refractivity contribution is -0.0492. The third-order valence-corrected chi connectivity index (χ3v) is 3.89. The van der Waals surface area contributed by atoms with E-state index < -0.39 is 6.61 Å². The molecule has 0 aliphatic heterocycles. The Labute approximate surface area is 150 Å². The maximum absolute atomic E-state index is 12.4. The predicted molar refractivity (Wildman–Crippen MR) is 94.6 cm³/mol. The number of nitrogens with two attached hydrogens (primary N) is 1. The number of anilines is 3. The van der Waals surface area contributed by atoms with Crippen molar-refractivity contribution in [1.82, 2.24) is 9.97 Å². The molecule has 3 rings (SSSR count). The lowest BCUT2D eigenvalue weighted by Gasteiger charge is -2.14. The Morgan fingerprint density at radius 3 is 2.68 bits per heavy atom. The van der Waals surface area contributed by atoms with Crippen LogP contribution in [0.2, 0.25) is 0 Å². The van der Waals surface area contributed by atoms with Gasteiger partial charge in [-0.25, -0.2) is 9.97 Å². The summed E-state index contributed by atoms with van der Waals surface area (Å²) in [5, 5.41) is 3.70. The summed E-state index contributed by atoms with van der Waals surface area (Å²) in [5.41, 5.74) is 6.95. The number of aromatic nitrogens is 2. The minimum atomic E-state index is -2.97. The molecule has 0 saturated carbocycles. The molecular formula is C16H13BrF2N4O2. The molecule has 25 heavy (non-hydrogen) atoms. The zero-order chi connectivity index (χ0) is 18.0. The Morgan fingerprint density at radius 1 is 1.16 bits per heavy atom. The van der Waals surface area contributed by atoms with E-state index in [-0.39, 0.29) is 11.4 Å². The summed E-state index contributed by atoms with van der Waals surface area (Å²) in [5.74, 6) is 0.935. The van der Waals surface area contributed by atoms with Crippen molar-refractivity contribution >= 4 is 44.0 Å². The smallest absolute Gasteiger partial charge is 0.387 e. The van der Waals surface area contributed by atoms with Crippen molar-refractivity contribution in [3.05, 3.63) is 41.1 Å². The van der Waals surface area contributed by atoms with Gasteiger partial charge in [-0.05, 0) is 24.3 Å². The lowest BCUT2D eigenvalue weighted by atomic mass is 10.2. The van der Waals surface area contributed by atoms with Gasteiger partial charge in [0.05, 0.1) is 24.0 Å². The summed E-state index contributed by atoms with van der Waals surface area (Å²) in [6, 6.07) is 8.29. The van der Waals surface area contributed by atoms with Crippen LogP contribution in [0.4, 0.5) is 26.0 Å². The third-order valence-electron chi connectivity index (χ3n) is 3.40. The van der Waals surface area contributed by atoms with Crippen LogP contribution in [0.1, 0.15) is 0 Å².